The maximum atomic E-state index is 10.9. The standard InChI is InChI=1S/C20H15ClO5/c21-17-18(23)16-11(6-3-7-12(16)22)20(19(17)24)25-13-8-1-4-10-5-2-9-14(26-20)15(10)13/h1-9,17-19,22-24H. The van der Waals surface area contributed by atoms with Crippen molar-refractivity contribution in [2.24, 2.45) is 0 Å². The van der Waals surface area contributed by atoms with Crippen LogP contribution in [0.3, 0.4) is 0 Å². The van der Waals surface area contributed by atoms with E-state index in [-0.39, 0.29) is 11.3 Å². The van der Waals surface area contributed by atoms with Gasteiger partial charge in [0.2, 0.25) is 0 Å². The molecule has 1 heterocycles. The van der Waals surface area contributed by atoms with E-state index in [1.807, 2.05) is 24.3 Å². The lowest BCUT2D eigenvalue weighted by Gasteiger charge is -2.47. The number of fused-ring (bicyclic) bond motifs is 2. The Morgan fingerprint density at radius 3 is 2.15 bits per heavy atom. The summed E-state index contributed by atoms with van der Waals surface area (Å²) < 4.78 is 12.3. The molecule has 3 N–H and O–H groups in total. The number of rotatable bonds is 0. The van der Waals surface area contributed by atoms with Crippen LogP contribution < -0.4 is 9.47 Å². The Labute approximate surface area is 154 Å². The fourth-order valence-corrected chi connectivity index (χ4v) is 4.18. The molecule has 0 radical (unpaired) electrons. The summed E-state index contributed by atoms with van der Waals surface area (Å²) in [6, 6.07) is 15.9. The van der Waals surface area contributed by atoms with E-state index in [0.29, 0.717) is 17.1 Å². The van der Waals surface area contributed by atoms with Gasteiger partial charge in [0.05, 0.1) is 10.8 Å². The van der Waals surface area contributed by atoms with Gasteiger partial charge in [0.25, 0.3) is 0 Å². The van der Waals surface area contributed by atoms with Crippen molar-refractivity contribution in [1.29, 1.82) is 0 Å². The SMILES string of the molecule is Oc1cccc2c1C(O)C(Cl)C(O)C21Oc2cccc3cccc(c23)O1. The van der Waals surface area contributed by atoms with Gasteiger partial charge in [-0.25, -0.2) is 0 Å². The first kappa shape index (κ1) is 15.8. The molecule has 3 atom stereocenters. The van der Waals surface area contributed by atoms with E-state index in [4.69, 9.17) is 21.1 Å². The molecule has 0 bridgehead atoms. The highest BCUT2D eigenvalue weighted by molar-refractivity contribution is 6.21. The van der Waals surface area contributed by atoms with Gasteiger partial charge < -0.3 is 24.8 Å². The van der Waals surface area contributed by atoms with Crippen LogP contribution >= 0.6 is 11.6 Å². The molecule has 1 aliphatic carbocycles. The number of aliphatic hydroxyl groups is 2. The predicted octanol–water partition coefficient (Wildman–Crippen LogP) is 3.18. The third-order valence-electron chi connectivity index (χ3n) is 5.10. The lowest BCUT2D eigenvalue weighted by atomic mass is 9.81. The number of aromatic hydroxyl groups is 1. The van der Waals surface area contributed by atoms with Gasteiger partial charge in [-0.3, -0.25) is 0 Å². The second-order valence-electron chi connectivity index (χ2n) is 6.55. The average molecular weight is 371 g/mol. The lowest BCUT2D eigenvalue weighted by Crippen LogP contribution is -2.59. The van der Waals surface area contributed by atoms with Crippen LogP contribution in [-0.2, 0) is 5.79 Å². The van der Waals surface area contributed by atoms with Crippen molar-refractivity contribution in [3.63, 3.8) is 0 Å². The molecular formula is C20H15ClO5. The van der Waals surface area contributed by atoms with Crippen LogP contribution in [0.25, 0.3) is 10.8 Å². The maximum Gasteiger partial charge on any atom is 0.306 e. The van der Waals surface area contributed by atoms with E-state index in [0.717, 1.165) is 10.8 Å². The number of phenols is 1. The average Bonchev–Trinajstić information content (AvgIpc) is 2.65. The van der Waals surface area contributed by atoms with E-state index >= 15 is 0 Å². The van der Waals surface area contributed by atoms with Crippen LogP contribution in [0.15, 0.2) is 54.6 Å². The number of ether oxygens (including phenoxy) is 2. The summed E-state index contributed by atoms with van der Waals surface area (Å²) in [5.74, 6) is -0.713. The van der Waals surface area contributed by atoms with E-state index in [1.54, 1.807) is 24.3 Å². The summed E-state index contributed by atoms with van der Waals surface area (Å²) in [6.45, 7) is 0. The zero-order valence-corrected chi connectivity index (χ0v) is 14.2. The number of benzene rings is 3. The summed E-state index contributed by atoms with van der Waals surface area (Å²) in [5, 5.41) is 32.3. The Bertz CT molecular complexity index is 993. The zero-order valence-electron chi connectivity index (χ0n) is 13.5. The zero-order chi connectivity index (χ0) is 18.1. The Morgan fingerprint density at radius 2 is 1.50 bits per heavy atom. The Morgan fingerprint density at radius 1 is 0.885 bits per heavy atom. The molecule has 0 amide bonds. The predicted molar refractivity (Wildman–Crippen MR) is 95.6 cm³/mol. The van der Waals surface area contributed by atoms with Gasteiger partial charge in [0.15, 0.2) is 6.10 Å². The second kappa shape index (κ2) is 5.27. The molecule has 1 spiro atoms. The largest absolute Gasteiger partial charge is 0.508 e. The molecule has 5 rings (SSSR count). The molecule has 0 saturated carbocycles. The molecule has 3 aromatic carbocycles. The minimum Gasteiger partial charge on any atom is -0.508 e. The van der Waals surface area contributed by atoms with Gasteiger partial charge in [-0.1, -0.05) is 36.4 Å². The summed E-state index contributed by atoms with van der Waals surface area (Å²) in [4.78, 5) is 0. The topological polar surface area (TPSA) is 79.2 Å². The molecule has 5 nitrogen and oxygen atoms in total. The fraction of sp³-hybridized carbons (Fsp3) is 0.200. The first-order chi connectivity index (χ1) is 12.5. The van der Waals surface area contributed by atoms with Crippen LogP contribution in [0, 0.1) is 0 Å². The molecular weight excluding hydrogens is 356 g/mol. The van der Waals surface area contributed by atoms with E-state index in [9.17, 15) is 15.3 Å². The van der Waals surface area contributed by atoms with E-state index < -0.39 is 23.4 Å². The number of halogens is 1. The highest BCUT2D eigenvalue weighted by atomic mass is 35.5. The Kier molecular flexibility index (Phi) is 3.19. The van der Waals surface area contributed by atoms with Gasteiger partial charge >= 0.3 is 5.79 Å². The third kappa shape index (κ3) is 1.88. The van der Waals surface area contributed by atoms with Crippen LogP contribution in [0.1, 0.15) is 17.2 Å². The number of hydrogen-bond acceptors (Lipinski definition) is 5. The molecule has 0 aromatic heterocycles. The molecule has 26 heavy (non-hydrogen) atoms. The molecule has 132 valence electrons. The van der Waals surface area contributed by atoms with E-state index in [2.05, 4.69) is 0 Å². The molecule has 1 aliphatic heterocycles. The van der Waals surface area contributed by atoms with Crippen molar-refractivity contribution in [3.8, 4) is 17.2 Å². The lowest BCUT2D eigenvalue weighted by molar-refractivity contribution is -0.212. The van der Waals surface area contributed by atoms with Crippen molar-refractivity contribution < 1.29 is 24.8 Å². The maximum absolute atomic E-state index is 10.9. The van der Waals surface area contributed by atoms with Crippen molar-refractivity contribution in [2.45, 2.75) is 23.4 Å². The Balaban J connectivity index is 1.80. The van der Waals surface area contributed by atoms with Gasteiger partial charge in [0, 0.05) is 11.1 Å². The summed E-state index contributed by atoms with van der Waals surface area (Å²) >= 11 is 6.30. The minimum absolute atomic E-state index is 0.129. The minimum atomic E-state index is -1.66. The summed E-state index contributed by atoms with van der Waals surface area (Å²) in [7, 11) is 0. The number of phenolic OH excluding ortho intramolecular Hbond substituents is 1. The van der Waals surface area contributed by atoms with Crippen LogP contribution in [0.4, 0.5) is 0 Å². The monoisotopic (exact) mass is 370 g/mol. The van der Waals surface area contributed by atoms with Crippen molar-refractivity contribution in [3.05, 3.63) is 65.7 Å². The molecule has 2 aliphatic rings. The van der Waals surface area contributed by atoms with Crippen molar-refractivity contribution in [1.82, 2.24) is 0 Å². The van der Waals surface area contributed by atoms with Crippen molar-refractivity contribution >= 4 is 22.4 Å². The summed E-state index contributed by atoms with van der Waals surface area (Å²) in [5.41, 5.74) is 0.547. The molecule has 3 unspecified atom stereocenters. The first-order valence-electron chi connectivity index (χ1n) is 8.25. The molecule has 0 fully saturated rings. The number of alkyl halides is 1. The quantitative estimate of drug-likeness (QED) is 0.530. The Hall–Kier alpha value is -2.47. The summed E-state index contributed by atoms with van der Waals surface area (Å²) in [6.07, 6.45) is -2.62. The van der Waals surface area contributed by atoms with Gasteiger partial charge in [-0.05, 0) is 23.6 Å². The second-order valence-corrected chi connectivity index (χ2v) is 7.06. The number of aliphatic hydroxyl groups excluding tert-OH is 2. The highest BCUT2D eigenvalue weighted by Crippen LogP contribution is 2.53. The third-order valence-corrected chi connectivity index (χ3v) is 5.58. The normalized spacial score (nSPS) is 25.4. The van der Waals surface area contributed by atoms with E-state index in [1.165, 1.54) is 6.07 Å². The number of hydrogen-bond donors (Lipinski definition) is 3. The fourth-order valence-electron chi connectivity index (χ4n) is 3.89. The van der Waals surface area contributed by atoms with Crippen LogP contribution in [0.2, 0.25) is 0 Å². The van der Waals surface area contributed by atoms with Crippen LogP contribution in [-0.4, -0.2) is 26.8 Å². The van der Waals surface area contributed by atoms with Gasteiger partial charge in [-0.15, -0.1) is 11.6 Å². The smallest absolute Gasteiger partial charge is 0.306 e. The molecule has 6 heteroatoms. The van der Waals surface area contributed by atoms with Crippen molar-refractivity contribution in [2.75, 3.05) is 0 Å². The van der Waals surface area contributed by atoms with Crippen LogP contribution in [0.5, 0.6) is 17.2 Å². The van der Waals surface area contributed by atoms with Gasteiger partial charge in [-0.2, -0.15) is 0 Å². The first-order valence-corrected chi connectivity index (χ1v) is 8.69. The molecule has 3 aromatic rings. The van der Waals surface area contributed by atoms with Gasteiger partial charge in [0.1, 0.15) is 23.4 Å². The molecule has 0 saturated heterocycles. The highest BCUT2D eigenvalue weighted by Gasteiger charge is 2.58.